The molecule has 0 aliphatic carbocycles. The molecule has 0 aromatic heterocycles. The van der Waals surface area contributed by atoms with Crippen molar-refractivity contribution in [2.24, 2.45) is 0 Å². The molecule has 0 bridgehead atoms. The highest BCUT2D eigenvalue weighted by molar-refractivity contribution is 6.30. The maximum absolute atomic E-state index is 13.0. The summed E-state index contributed by atoms with van der Waals surface area (Å²) in [5.41, 5.74) is 1.34. The van der Waals surface area contributed by atoms with Gasteiger partial charge in [-0.3, -0.25) is 4.79 Å². The number of carbonyl (C=O) groups is 2. The van der Waals surface area contributed by atoms with Gasteiger partial charge in [-0.1, -0.05) is 23.7 Å². The van der Waals surface area contributed by atoms with Gasteiger partial charge in [0.05, 0.1) is 11.1 Å². The SMILES string of the molecule is O=C(Oc1ccc2c(c1)OC(=Cc1ccc(F)cc1)C2=O)c1ccc(Cl)cc1. The largest absolute Gasteiger partial charge is 0.452 e. The van der Waals surface area contributed by atoms with Gasteiger partial charge in [-0.05, 0) is 60.2 Å². The van der Waals surface area contributed by atoms with Gasteiger partial charge < -0.3 is 9.47 Å². The molecule has 1 heterocycles. The van der Waals surface area contributed by atoms with E-state index >= 15 is 0 Å². The number of ketones is 1. The smallest absolute Gasteiger partial charge is 0.343 e. The van der Waals surface area contributed by atoms with E-state index in [1.165, 1.54) is 36.4 Å². The Morgan fingerprint density at radius 3 is 2.43 bits per heavy atom. The molecule has 3 aromatic carbocycles. The number of rotatable bonds is 3. The number of hydrogen-bond donors (Lipinski definition) is 0. The highest BCUT2D eigenvalue weighted by Gasteiger charge is 2.28. The van der Waals surface area contributed by atoms with Crippen molar-refractivity contribution in [3.05, 3.63) is 100 Å². The van der Waals surface area contributed by atoms with E-state index in [1.54, 1.807) is 36.4 Å². The predicted octanol–water partition coefficient (Wildman–Crippen LogP) is 5.31. The molecule has 0 amide bonds. The highest BCUT2D eigenvalue weighted by atomic mass is 35.5. The van der Waals surface area contributed by atoms with Gasteiger partial charge in [0, 0.05) is 11.1 Å². The van der Waals surface area contributed by atoms with E-state index in [2.05, 4.69) is 0 Å². The lowest BCUT2D eigenvalue weighted by Crippen LogP contribution is -2.08. The average Bonchev–Trinajstić information content (AvgIpc) is 2.99. The number of esters is 1. The van der Waals surface area contributed by atoms with Crippen LogP contribution >= 0.6 is 11.6 Å². The third-order valence-corrected chi connectivity index (χ3v) is 4.35. The molecule has 0 fully saturated rings. The van der Waals surface area contributed by atoms with E-state index < -0.39 is 5.97 Å². The number of fused-ring (bicyclic) bond motifs is 1. The van der Waals surface area contributed by atoms with Crippen LogP contribution in [-0.2, 0) is 0 Å². The van der Waals surface area contributed by atoms with E-state index in [4.69, 9.17) is 21.1 Å². The fraction of sp³-hybridized carbons (Fsp3) is 0. The first-order valence-electron chi connectivity index (χ1n) is 8.31. The van der Waals surface area contributed by atoms with Gasteiger partial charge in [0.15, 0.2) is 5.76 Å². The van der Waals surface area contributed by atoms with Crippen molar-refractivity contribution in [2.45, 2.75) is 0 Å². The van der Waals surface area contributed by atoms with Gasteiger partial charge in [-0.2, -0.15) is 0 Å². The van der Waals surface area contributed by atoms with Crippen molar-refractivity contribution in [3.63, 3.8) is 0 Å². The van der Waals surface area contributed by atoms with Gasteiger partial charge in [0.25, 0.3) is 0 Å². The third kappa shape index (κ3) is 3.66. The van der Waals surface area contributed by atoms with Crippen LogP contribution in [0.5, 0.6) is 11.5 Å². The summed E-state index contributed by atoms with van der Waals surface area (Å²) in [6.45, 7) is 0. The summed E-state index contributed by atoms with van der Waals surface area (Å²) in [6, 6.07) is 16.5. The molecular weight excluding hydrogens is 383 g/mol. The Morgan fingerprint density at radius 1 is 1.00 bits per heavy atom. The molecule has 0 saturated carbocycles. The van der Waals surface area contributed by atoms with Crippen LogP contribution in [0.4, 0.5) is 4.39 Å². The lowest BCUT2D eigenvalue weighted by Gasteiger charge is -2.05. The normalized spacial score (nSPS) is 13.9. The van der Waals surface area contributed by atoms with Crippen LogP contribution in [0.3, 0.4) is 0 Å². The van der Waals surface area contributed by atoms with Gasteiger partial charge >= 0.3 is 5.97 Å². The lowest BCUT2D eigenvalue weighted by atomic mass is 10.1. The Hall–Kier alpha value is -3.44. The lowest BCUT2D eigenvalue weighted by molar-refractivity contribution is 0.0734. The van der Waals surface area contributed by atoms with E-state index in [9.17, 15) is 14.0 Å². The summed E-state index contributed by atoms with van der Waals surface area (Å²) in [5.74, 6) is -0.564. The van der Waals surface area contributed by atoms with Crippen LogP contribution < -0.4 is 9.47 Å². The van der Waals surface area contributed by atoms with Gasteiger partial charge in [-0.25, -0.2) is 9.18 Å². The van der Waals surface area contributed by atoms with Crippen LogP contribution in [0.2, 0.25) is 5.02 Å². The van der Waals surface area contributed by atoms with E-state index in [0.29, 0.717) is 27.5 Å². The Bertz CT molecular complexity index is 1100. The molecule has 138 valence electrons. The highest BCUT2D eigenvalue weighted by Crippen LogP contribution is 2.35. The minimum atomic E-state index is -0.553. The summed E-state index contributed by atoms with van der Waals surface area (Å²) >= 11 is 5.81. The predicted molar refractivity (Wildman–Crippen MR) is 102 cm³/mol. The van der Waals surface area contributed by atoms with Crippen molar-refractivity contribution in [2.75, 3.05) is 0 Å². The summed E-state index contributed by atoms with van der Waals surface area (Å²) in [4.78, 5) is 24.7. The molecule has 0 saturated heterocycles. The minimum absolute atomic E-state index is 0.114. The standard InChI is InChI=1S/C22H12ClFO4/c23-15-5-3-14(4-6-15)22(26)27-17-9-10-18-19(12-17)28-20(21(18)25)11-13-1-7-16(24)8-2-13/h1-12H. The summed E-state index contributed by atoms with van der Waals surface area (Å²) in [6.07, 6.45) is 1.53. The molecule has 3 aromatic rings. The van der Waals surface area contributed by atoms with Crippen LogP contribution in [0.15, 0.2) is 72.5 Å². The molecule has 0 radical (unpaired) electrons. The Morgan fingerprint density at radius 2 is 1.71 bits per heavy atom. The van der Waals surface area contributed by atoms with Gasteiger partial charge in [0.1, 0.15) is 17.3 Å². The summed E-state index contributed by atoms with van der Waals surface area (Å²) < 4.78 is 24.0. The minimum Gasteiger partial charge on any atom is -0.452 e. The van der Waals surface area contributed by atoms with Crippen LogP contribution in [0.25, 0.3) is 6.08 Å². The first-order valence-corrected chi connectivity index (χ1v) is 8.69. The van der Waals surface area contributed by atoms with Crippen molar-refractivity contribution in [1.82, 2.24) is 0 Å². The van der Waals surface area contributed by atoms with Gasteiger partial charge in [0.2, 0.25) is 5.78 Å². The maximum atomic E-state index is 13.0. The van der Waals surface area contributed by atoms with E-state index in [0.717, 1.165) is 0 Å². The van der Waals surface area contributed by atoms with Gasteiger partial charge in [-0.15, -0.1) is 0 Å². The summed E-state index contributed by atoms with van der Waals surface area (Å²) in [7, 11) is 0. The Balaban J connectivity index is 1.54. The number of benzene rings is 3. The van der Waals surface area contributed by atoms with Crippen LogP contribution in [-0.4, -0.2) is 11.8 Å². The fourth-order valence-corrected chi connectivity index (χ4v) is 2.82. The van der Waals surface area contributed by atoms with E-state index in [1.807, 2.05) is 0 Å². The second-order valence-corrected chi connectivity index (χ2v) is 6.48. The first kappa shape index (κ1) is 17.9. The molecule has 1 aliphatic heterocycles. The van der Waals surface area contributed by atoms with E-state index in [-0.39, 0.29) is 23.1 Å². The molecule has 6 heteroatoms. The maximum Gasteiger partial charge on any atom is 0.343 e. The number of halogens is 2. The number of Topliss-reactive ketones (excluding diaryl/α,β-unsaturated/α-hetero) is 1. The van der Waals surface area contributed by atoms with Crippen molar-refractivity contribution >= 4 is 29.4 Å². The molecule has 4 rings (SSSR count). The number of ether oxygens (including phenoxy) is 2. The molecular formula is C22H12ClFO4. The first-order chi connectivity index (χ1) is 13.5. The van der Waals surface area contributed by atoms with Crippen LogP contribution in [0, 0.1) is 5.82 Å². The number of carbonyl (C=O) groups excluding carboxylic acids is 2. The van der Waals surface area contributed by atoms with Crippen molar-refractivity contribution < 1.29 is 23.5 Å². The molecule has 0 spiro atoms. The average molecular weight is 395 g/mol. The Kier molecular flexibility index (Phi) is 4.67. The zero-order chi connectivity index (χ0) is 19.7. The number of hydrogen-bond acceptors (Lipinski definition) is 4. The van der Waals surface area contributed by atoms with Crippen molar-refractivity contribution in [1.29, 1.82) is 0 Å². The monoisotopic (exact) mass is 394 g/mol. The zero-order valence-corrected chi connectivity index (χ0v) is 15.1. The molecule has 0 N–H and O–H groups in total. The topological polar surface area (TPSA) is 52.6 Å². The Labute approximate surface area is 164 Å². The quantitative estimate of drug-likeness (QED) is 0.343. The molecule has 0 atom stereocenters. The fourth-order valence-electron chi connectivity index (χ4n) is 2.69. The third-order valence-electron chi connectivity index (χ3n) is 4.10. The summed E-state index contributed by atoms with van der Waals surface area (Å²) in [5, 5.41) is 0.515. The molecule has 4 nitrogen and oxygen atoms in total. The second kappa shape index (κ2) is 7.29. The molecule has 28 heavy (non-hydrogen) atoms. The molecule has 1 aliphatic rings. The number of allylic oxidation sites excluding steroid dienone is 1. The molecule has 0 unspecified atom stereocenters. The second-order valence-electron chi connectivity index (χ2n) is 6.05. The zero-order valence-electron chi connectivity index (χ0n) is 14.3. The van der Waals surface area contributed by atoms with Crippen molar-refractivity contribution in [3.8, 4) is 11.5 Å². The van der Waals surface area contributed by atoms with Crippen LogP contribution in [0.1, 0.15) is 26.3 Å².